The fraction of sp³-hybridized carbons (Fsp3) is 0.417. The second-order valence-electron chi connectivity index (χ2n) is 8.87. The third-order valence-electron chi connectivity index (χ3n) is 5.19. The Morgan fingerprint density at radius 1 is 1.16 bits per heavy atom. The summed E-state index contributed by atoms with van der Waals surface area (Å²) in [5.74, 6) is -0.523. The van der Waals surface area contributed by atoms with Gasteiger partial charge in [-0.05, 0) is 63.9 Å². The quantitative estimate of drug-likeness (QED) is 0.718. The van der Waals surface area contributed by atoms with Crippen molar-refractivity contribution in [2.45, 2.75) is 58.7 Å². The Kier molecular flexibility index (Phi) is 6.52. The van der Waals surface area contributed by atoms with Crippen molar-refractivity contribution in [1.82, 2.24) is 10.3 Å². The van der Waals surface area contributed by atoms with Gasteiger partial charge in [0, 0.05) is 30.4 Å². The van der Waals surface area contributed by atoms with Gasteiger partial charge in [0.15, 0.2) is 0 Å². The molecule has 0 spiro atoms. The zero-order chi connectivity index (χ0) is 23.6. The molecule has 2 aromatic rings. The maximum absolute atomic E-state index is 12.5. The summed E-state index contributed by atoms with van der Waals surface area (Å²) in [5, 5.41) is 2.95. The number of fused-ring (bicyclic) bond motifs is 1. The van der Waals surface area contributed by atoms with Crippen molar-refractivity contribution in [3.8, 4) is 11.3 Å². The van der Waals surface area contributed by atoms with Gasteiger partial charge in [0.1, 0.15) is 5.60 Å². The molecule has 32 heavy (non-hydrogen) atoms. The lowest BCUT2D eigenvalue weighted by molar-refractivity contribution is -0.117. The molecule has 0 aliphatic carbocycles. The van der Waals surface area contributed by atoms with E-state index in [9.17, 15) is 14.4 Å². The Balaban J connectivity index is 1.99. The number of rotatable bonds is 3. The molecule has 2 unspecified atom stereocenters. The predicted octanol–water partition coefficient (Wildman–Crippen LogP) is 4.25. The molecule has 1 N–H and O–H groups in total. The van der Waals surface area contributed by atoms with Crippen LogP contribution < -0.4 is 10.2 Å². The third kappa shape index (κ3) is 5.07. The van der Waals surface area contributed by atoms with E-state index in [-0.39, 0.29) is 18.0 Å². The van der Waals surface area contributed by atoms with Gasteiger partial charge in [-0.3, -0.25) is 9.78 Å². The van der Waals surface area contributed by atoms with Crippen LogP contribution in [-0.4, -0.2) is 41.7 Å². The number of benzene rings is 1. The second-order valence-corrected chi connectivity index (χ2v) is 8.87. The number of aromatic nitrogens is 1. The van der Waals surface area contributed by atoms with Crippen LogP contribution in [0.15, 0.2) is 36.5 Å². The number of ether oxygens (including phenoxy) is 2. The molecule has 2 amide bonds. The van der Waals surface area contributed by atoms with Gasteiger partial charge in [-0.25, -0.2) is 9.59 Å². The molecule has 0 radical (unpaired) electrons. The van der Waals surface area contributed by atoms with Crippen molar-refractivity contribution in [3.05, 3.63) is 47.7 Å². The fourth-order valence-corrected chi connectivity index (χ4v) is 3.89. The highest BCUT2D eigenvalue weighted by Crippen LogP contribution is 2.39. The minimum absolute atomic E-state index is 0.0669. The van der Waals surface area contributed by atoms with E-state index in [0.717, 1.165) is 16.8 Å². The number of alkyl carbamates (subject to hydrolysis) is 1. The van der Waals surface area contributed by atoms with Gasteiger partial charge in [-0.2, -0.15) is 0 Å². The lowest BCUT2D eigenvalue weighted by Gasteiger charge is -2.39. The first kappa shape index (κ1) is 23.2. The number of hydrogen-bond acceptors (Lipinski definition) is 6. The van der Waals surface area contributed by atoms with Crippen molar-refractivity contribution in [3.63, 3.8) is 0 Å². The average molecular weight is 440 g/mol. The van der Waals surface area contributed by atoms with Gasteiger partial charge < -0.3 is 19.7 Å². The molecule has 3 rings (SSSR count). The number of esters is 1. The maximum atomic E-state index is 12.5. The van der Waals surface area contributed by atoms with Crippen LogP contribution in [0, 0.1) is 0 Å². The zero-order valence-electron chi connectivity index (χ0n) is 19.3. The Morgan fingerprint density at radius 2 is 1.88 bits per heavy atom. The molecule has 8 nitrogen and oxygen atoms in total. The number of nitrogens with zero attached hydrogens (tertiary/aromatic N) is 2. The van der Waals surface area contributed by atoms with E-state index in [2.05, 4.69) is 10.3 Å². The molecule has 1 aromatic heterocycles. The van der Waals surface area contributed by atoms with Crippen LogP contribution in [-0.2, 0) is 14.3 Å². The summed E-state index contributed by atoms with van der Waals surface area (Å²) in [5.41, 5.74) is 2.74. The highest BCUT2D eigenvalue weighted by Gasteiger charge is 2.34. The molecule has 0 fully saturated rings. The number of carbonyl (C=O) groups excluding carboxylic acids is 3. The maximum Gasteiger partial charge on any atom is 0.408 e. The Bertz CT molecular complexity index is 1030. The Hall–Kier alpha value is -3.42. The molecular weight excluding hydrogens is 410 g/mol. The lowest BCUT2D eigenvalue weighted by Crippen LogP contribution is -2.46. The van der Waals surface area contributed by atoms with E-state index < -0.39 is 17.7 Å². The molecule has 1 aromatic carbocycles. The largest absolute Gasteiger partial charge is 0.465 e. The van der Waals surface area contributed by atoms with Crippen LogP contribution in [0.4, 0.5) is 10.5 Å². The minimum atomic E-state index is -0.619. The fourth-order valence-electron chi connectivity index (χ4n) is 3.89. The summed E-state index contributed by atoms with van der Waals surface area (Å²) in [7, 11) is 1.32. The summed E-state index contributed by atoms with van der Waals surface area (Å²) in [6.45, 7) is 8.91. The smallest absolute Gasteiger partial charge is 0.408 e. The van der Waals surface area contributed by atoms with Gasteiger partial charge in [0.2, 0.25) is 5.91 Å². The summed E-state index contributed by atoms with van der Waals surface area (Å²) in [6.07, 6.45) is 1.49. The minimum Gasteiger partial charge on any atom is -0.465 e. The molecule has 0 saturated carbocycles. The first-order chi connectivity index (χ1) is 15.0. The number of carbonyl (C=O) groups is 3. The third-order valence-corrected chi connectivity index (χ3v) is 5.19. The molecule has 0 bridgehead atoms. The SMILES string of the molecule is COC(=O)c1ccc(-c2ccc3c(c2)C(NC(=O)OC(C)(C)C)CC(C)N3C(C)=O)nc1. The summed E-state index contributed by atoms with van der Waals surface area (Å²) < 4.78 is 10.2. The highest BCUT2D eigenvalue weighted by molar-refractivity contribution is 5.94. The van der Waals surface area contributed by atoms with Crippen molar-refractivity contribution in [2.75, 3.05) is 12.0 Å². The first-order valence-corrected chi connectivity index (χ1v) is 10.5. The van der Waals surface area contributed by atoms with E-state index in [0.29, 0.717) is 17.7 Å². The van der Waals surface area contributed by atoms with E-state index in [1.165, 1.54) is 20.2 Å². The second kappa shape index (κ2) is 8.98. The van der Waals surface area contributed by atoms with Crippen LogP contribution in [0.2, 0.25) is 0 Å². The number of nitrogens with one attached hydrogen (secondary N) is 1. The number of pyridine rings is 1. The Morgan fingerprint density at radius 3 is 2.44 bits per heavy atom. The van der Waals surface area contributed by atoms with Crippen molar-refractivity contribution >= 4 is 23.7 Å². The van der Waals surface area contributed by atoms with Crippen molar-refractivity contribution in [2.24, 2.45) is 0 Å². The molecule has 2 heterocycles. The molecular formula is C24H29N3O5. The van der Waals surface area contributed by atoms with Crippen LogP contribution in [0.25, 0.3) is 11.3 Å². The summed E-state index contributed by atoms with van der Waals surface area (Å²) >= 11 is 0. The van der Waals surface area contributed by atoms with Gasteiger partial charge >= 0.3 is 12.1 Å². The summed E-state index contributed by atoms with van der Waals surface area (Å²) in [4.78, 5) is 42.6. The van der Waals surface area contributed by atoms with E-state index >= 15 is 0 Å². The molecule has 8 heteroatoms. The monoisotopic (exact) mass is 439 g/mol. The molecule has 0 saturated heterocycles. The number of hydrogen-bond donors (Lipinski definition) is 1. The number of methoxy groups -OCH3 is 1. The van der Waals surface area contributed by atoms with E-state index in [1.807, 2.05) is 45.9 Å². The van der Waals surface area contributed by atoms with Gasteiger partial charge in [-0.1, -0.05) is 6.07 Å². The standard InChI is InChI=1S/C24H29N3O5/c1-14-11-20(26-23(30)32-24(3,4)5)18-12-16(8-10-21(18)27(14)15(2)28)19-9-7-17(13-25-19)22(29)31-6/h7-10,12-14,20H,11H2,1-6H3,(H,26,30). The number of anilines is 1. The molecule has 170 valence electrons. The van der Waals surface area contributed by atoms with Crippen LogP contribution in [0.1, 0.15) is 63.0 Å². The molecule has 1 aliphatic heterocycles. The normalized spacial score (nSPS) is 17.9. The van der Waals surface area contributed by atoms with Crippen LogP contribution in [0.3, 0.4) is 0 Å². The molecule has 2 atom stereocenters. The van der Waals surface area contributed by atoms with Gasteiger partial charge in [0.25, 0.3) is 0 Å². The highest BCUT2D eigenvalue weighted by atomic mass is 16.6. The Labute approximate surface area is 187 Å². The average Bonchev–Trinajstić information content (AvgIpc) is 2.71. The van der Waals surface area contributed by atoms with Crippen LogP contribution in [0.5, 0.6) is 0 Å². The predicted molar refractivity (Wildman–Crippen MR) is 120 cm³/mol. The zero-order valence-corrected chi connectivity index (χ0v) is 19.3. The lowest BCUT2D eigenvalue weighted by atomic mass is 9.89. The number of amides is 2. The van der Waals surface area contributed by atoms with Crippen molar-refractivity contribution < 1.29 is 23.9 Å². The molecule has 1 aliphatic rings. The van der Waals surface area contributed by atoms with Gasteiger partial charge in [0.05, 0.1) is 24.4 Å². The topological polar surface area (TPSA) is 97.8 Å². The van der Waals surface area contributed by atoms with E-state index in [4.69, 9.17) is 9.47 Å². The van der Waals surface area contributed by atoms with Gasteiger partial charge in [-0.15, -0.1) is 0 Å². The van der Waals surface area contributed by atoms with E-state index in [1.54, 1.807) is 17.0 Å². The van der Waals surface area contributed by atoms with Crippen LogP contribution >= 0.6 is 0 Å². The van der Waals surface area contributed by atoms with Crippen molar-refractivity contribution in [1.29, 1.82) is 0 Å². The summed E-state index contributed by atoms with van der Waals surface area (Å²) in [6, 6.07) is 8.60. The first-order valence-electron chi connectivity index (χ1n) is 10.5.